The van der Waals surface area contributed by atoms with Gasteiger partial charge in [-0.2, -0.15) is 5.26 Å². The molecule has 7 heteroatoms. The molecule has 3 aromatic rings. The molecular weight excluding hydrogens is 348 g/mol. The molecule has 0 saturated carbocycles. The van der Waals surface area contributed by atoms with Crippen molar-refractivity contribution < 1.29 is 9.53 Å². The Labute approximate surface area is 156 Å². The minimum atomic E-state index is -0.656. The molecule has 0 aliphatic carbocycles. The molecule has 3 N–H and O–H groups in total. The maximum atomic E-state index is 11.4. The second-order valence-electron chi connectivity index (χ2n) is 5.75. The molecule has 0 unspecified atom stereocenters. The number of methoxy groups -OCH3 is 1. The van der Waals surface area contributed by atoms with Crippen LogP contribution in [0.3, 0.4) is 0 Å². The van der Waals surface area contributed by atoms with Crippen LogP contribution in [0, 0.1) is 11.3 Å². The molecule has 1 aromatic heterocycles. The summed E-state index contributed by atoms with van der Waals surface area (Å²) < 4.78 is 6.38. The number of anilines is 1. The average Bonchev–Trinajstić information content (AvgIpc) is 3.03. The van der Waals surface area contributed by atoms with Crippen LogP contribution in [0.25, 0.3) is 22.2 Å². The molecule has 0 fully saturated rings. The van der Waals surface area contributed by atoms with E-state index >= 15 is 0 Å². The Morgan fingerprint density at radius 2 is 2.15 bits per heavy atom. The highest BCUT2D eigenvalue weighted by atomic mass is 32.1. The minimum absolute atomic E-state index is 0.408. The summed E-state index contributed by atoms with van der Waals surface area (Å²) in [7, 11) is 1.62. The first kappa shape index (κ1) is 17.7. The third kappa shape index (κ3) is 3.32. The van der Waals surface area contributed by atoms with Crippen LogP contribution < -0.4 is 14.8 Å². The Bertz CT molecular complexity index is 1010. The van der Waals surface area contributed by atoms with Crippen molar-refractivity contribution in [1.29, 1.82) is 5.26 Å². The van der Waals surface area contributed by atoms with Gasteiger partial charge in [-0.3, -0.25) is 0 Å². The van der Waals surface area contributed by atoms with Crippen molar-refractivity contribution in [3.63, 3.8) is 0 Å². The molecule has 0 atom stereocenters. The summed E-state index contributed by atoms with van der Waals surface area (Å²) in [6, 6.07) is 14.7. The highest BCUT2D eigenvalue weighted by molar-refractivity contribution is 7.82. The Morgan fingerprint density at radius 1 is 1.35 bits per heavy atom. The number of rotatable bonds is 5. The van der Waals surface area contributed by atoms with Gasteiger partial charge in [-0.1, -0.05) is 24.9 Å². The van der Waals surface area contributed by atoms with Crippen molar-refractivity contribution in [3.05, 3.63) is 48.0 Å². The number of aryl methyl sites for hydroxylation is 1. The van der Waals surface area contributed by atoms with Crippen molar-refractivity contribution in [2.24, 2.45) is 5.73 Å². The lowest BCUT2D eigenvalue weighted by Gasteiger charge is -2.14. The first-order chi connectivity index (χ1) is 12.5. The number of urea groups is 1. The number of carbonyl (C=O) groups is 1. The summed E-state index contributed by atoms with van der Waals surface area (Å²) in [6.45, 7) is 0. The number of benzene rings is 2. The molecule has 1 heterocycles. The topological polar surface area (TPSA) is 95.1 Å². The van der Waals surface area contributed by atoms with E-state index in [0.29, 0.717) is 18.5 Å². The van der Waals surface area contributed by atoms with E-state index in [-0.39, 0.29) is 0 Å². The van der Waals surface area contributed by atoms with Gasteiger partial charge in [0.15, 0.2) is 0 Å². The van der Waals surface area contributed by atoms with Gasteiger partial charge in [0.05, 0.1) is 18.9 Å². The number of aromatic amines is 1. The van der Waals surface area contributed by atoms with E-state index in [2.05, 4.69) is 23.9 Å². The number of fused-ring (bicyclic) bond motifs is 1. The zero-order valence-corrected chi connectivity index (χ0v) is 15.1. The lowest BCUT2D eigenvalue weighted by molar-refractivity contribution is 0.257. The summed E-state index contributed by atoms with van der Waals surface area (Å²) in [5.41, 5.74) is 9.62. The first-order valence-corrected chi connectivity index (χ1v) is 8.39. The van der Waals surface area contributed by atoms with Gasteiger partial charge in [-0.05, 0) is 36.2 Å². The molecule has 0 radical (unpaired) electrons. The van der Waals surface area contributed by atoms with Crippen molar-refractivity contribution in [2.75, 3.05) is 11.4 Å². The number of hydrogen-bond acceptors (Lipinski definition) is 4. The van der Waals surface area contributed by atoms with Crippen LogP contribution in [-0.2, 0) is 6.42 Å². The standard InChI is InChI=1S/C19H18N4O2S/c1-25-14-7-8-15-16(6-3-9-20)18(22-17(15)11-14)12-4-2-5-13(10-12)23(26)19(21)24/h2,4-5,7-8,10-11,22,26H,3,6H2,1H3,(H2,21,24). The SMILES string of the molecule is COc1ccc2c(CCC#N)c(-c3cccc(N(S)C(N)=O)c3)[nH]c2c1. The molecule has 0 aliphatic rings. The largest absolute Gasteiger partial charge is 0.497 e. The number of ether oxygens (including phenoxy) is 1. The second-order valence-corrected chi connectivity index (χ2v) is 6.15. The minimum Gasteiger partial charge on any atom is -0.497 e. The monoisotopic (exact) mass is 366 g/mol. The number of H-pyrrole nitrogens is 1. The molecule has 2 amide bonds. The lowest BCUT2D eigenvalue weighted by Crippen LogP contribution is -2.27. The van der Waals surface area contributed by atoms with Crippen LogP contribution >= 0.6 is 12.8 Å². The number of hydrogen-bond donors (Lipinski definition) is 3. The van der Waals surface area contributed by atoms with Gasteiger partial charge in [0.2, 0.25) is 0 Å². The summed E-state index contributed by atoms with van der Waals surface area (Å²) in [5.74, 6) is 0.751. The summed E-state index contributed by atoms with van der Waals surface area (Å²) >= 11 is 4.12. The van der Waals surface area contributed by atoms with Gasteiger partial charge in [-0.15, -0.1) is 0 Å². The maximum absolute atomic E-state index is 11.4. The molecule has 0 spiro atoms. The van der Waals surface area contributed by atoms with Crippen molar-refractivity contribution >= 4 is 35.4 Å². The Hall–Kier alpha value is -3.11. The molecular formula is C19H18N4O2S. The number of amides is 2. The van der Waals surface area contributed by atoms with E-state index in [1.807, 2.05) is 36.4 Å². The van der Waals surface area contributed by atoms with Crippen molar-refractivity contribution in [1.82, 2.24) is 4.98 Å². The predicted molar refractivity (Wildman–Crippen MR) is 105 cm³/mol. The van der Waals surface area contributed by atoms with E-state index in [9.17, 15) is 4.79 Å². The van der Waals surface area contributed by atoms with E-state index in [0.717, 1.165) is 37.8 Å². The fraction of sp³-hybridized carbons (Fsp3) is 0.158. The van der Waals surface area contributed by atoms with Gasteiger partial charge in [-0.25, -0.2) is 9.10 Å². The molecule has 6 nitrogen and oxygen atoms in total. The zero-order valence-electron chi connectivity index (χ0n) is 14.2. The van der Waals surface area contributed by atoms with Crippen molar-refractivity contribution in [2.45, 2.75) is 12.8 Å². The number of primary amides is 1. The third-order valence-corrected chi connectivity index (χ3v) is 4.62. The predicted octanol–water partition coefficient (Wildman–Crippen LogP) is 4.03. The lowest BCUT2D eigenvalue weighted by atomic mass is 10.0. The molecule has 0 saturated heterocycles. The van der Waals surface area contributed by atoms with Gasteiger partial charge in [0.25, 0.3) is 0 Å². The molecule has 2 aromatic carbocycles. The fourth-order valence-electron chi connectivity index (χ4n) is 2.97. The molecule has 3 rings (SSSR count). The van der Waals surface area contributed by atoms with Crippen LogP contribution in [0.4, 0.5) is 10.5 Å². The molecule has 132 valence electrons. The van der Waals surface area contributed by atoms with Gasteiger partial charge >= 0.3 is 6.03 Å². The average molecular weight is 366 g/mol. The maximum Gasteiger partial charge on any atom is 0.329 e. The highest BCUT2D eigenvalue weighted by Crippen LogP contribution is 2.34. The van der Waals surface area contributed by atoms with E-state index < -0.39 is 6.03 Å². The number of aromatic nitrogens is 1. The fourth-order valence-corrected chi connectivity index (χ4v) is 3.09. The summed E-state index contributed by atoms with van der Waals surface area (Å²) in [4.78, 5) is 14.8. The van der Waals surface area contributed by atoms with Crippen LogP contribution in [0.5, 0.6) is 5.75 Å². The first-order valence-electron chi connectivity index (χ1n) is 7.99. The van der Waals surface area contributed by atoms with Gasteiger partial charge in [0.1, 0.15) is 5.75 Å². The highest BCUT2D eigenvalue weighted by Gasteiger charge is 2.15. The van der Waals surface area contributed by atoms with E-state index in [4.69, 9.17) is 15.7 Å². The van der Waals surface area contributed by atoms with Crippen molar-refractivity contribution in [3.8, 4) is 23.1 Å². The Balaban J connectivity index is 2.15. The molecule has 0 bridgehead atoms. The Kier molecular flexibility index (Phi) is 5.05. The number of carbonyl (C=O) groups excluding carboxylic acids is 1. The number of nitrogens with one attached hydrogen (secondary N) is 1. The number of thiol groups is 1. The van der Waals surface area contributed by atoms with Crippen LogP contribution in [0.1, 0.15) is 12.0 Å². The quantitative estimate of drug-likeness (QED) is 0.595. The van der Waals surface area contributed by atoms with Gasteiger partial charge in [0, 0.05) is 34.6 Å². The summed E-state index contributed by atoms with van der Waals surface area (Å²) in [5, 5.41) is 10.1. The third-order valence-electron chi connectivity index (χ3n) is 4.19. The Morgan fingerprint density at radius 3 is 2.85 bits per heavy atom. The smallest absolute Gasteiger partial charge is 0.329 e. The number of nitrogens with zero attached hydrogens (tertiary/aromatic N) is 2. The summed E-state index contributed by atoms with van der Waals surface area (Å²) in [6.07, 6.45) is 1.02. The number of nitriles is 1. The molecule has 26 heavy (non-hydrogen) atoms. The van der Waals surface area contributed by atoms with E-state index in [1.165, 1.54) is 0 Å². The van der Waals surface area contributed by atoms with Crippen LogP contribution in [0.2, 0.25) is 0 Å². The van der Waals surface area contributed by atoms with Crippen LogP contribution in [-0.4, -0.2) is 18.1 Å². The zero-order chi connectivity index (χ0) is 18.7. The number of nitrogens with two attached hydrogens (primary N) is 1. The normalized spacial score (nSPS) is 10.5. The molecule has 0 aliphatic heterocycles. The van der Waals surface area contributed by atoms with Gasteiger partial charge < -0.3 is 15.5 Å². The van der Waals surface area contributed by atoms with E-state index in [1.54, 1.807) is 13.2 Å². The second kappa shape index (κ2) is 7.42. The van der Waals surface area contributed by atoms with Crippen LogP contribution in [0.15, 0.2) is 42.5 Å².